The molecule has 16 heavy (non-hydrogen) atoms. The van der Waals surface area contributed by atoms with Crippen molar-refractivity contribution >= 4 is 23.9 Å². The van der Waals surface area contributed by atoms with E-state index in [9.17, 15) is 19.2 Å². The molecule has 0 saturated heterocycles. The number of carbonyl (C=O) groups is 4. The van der Waals surface area contributed by atoms with E-state index in [4.69, 9.17) is 0 Å². The molecule has 6 nitrogen and oxygen atoms in total. The number of rotatable bonds is 7. The molecular formula is C10H16N2O4. The summed E-state index contributed by atoms with van der Waals surface area (Å²) in [6.07, 6.45) is 1.54. The molecule has 0 aromatic rings. The maximum Gasteiger partial charge on any atom is 0.289 e. The van der Waals surface area contributed by atoms with Crippen LogP contribution >= 0.6 is 0 Å². The van der Waals surface area contributed by atoms with E-state index < -0.39 is 17.7 Å². The van der Waals surface area contributed by atoms with Gasteiger partial charge in [0.2, 0.25) is 11.7 Å². The summed E-state index contributed by atoms with van der Waals surface area (Å²) in [5, 5.41) is 4.54. The highest BCUT2D eigenvalue weighted by Crippen LogP contribution is 1.98. The minimum Gasteiger partial charge on any atom is -0.346 e. The third kappa shape index (κ3) is 5.23. The van der Waals surface area contributed by atoms with Gasteiger partial charge in [-0.2, -0.15) is 0 Å². The molecule has 0 aromatic carbocycles. The number of hydrogen-bond acceptors (Lipinski definition) is 4. The number of ketones is 1. The number of aldehydes is 1. The molecule has 90 valence electrons. The maximum atomic E-state index is 11.5. The zero-order valence-electron chi connectivity index (χ0n) is 9.41. The van der Waals surface area contributed by atoms with Gasteiger partial charge in [0, 0.05) is 6.92 Å². The van der Waals surface area contributed by atoms with Crippen LogP contribution in [-0.2, 0) is 19.2 Å². The molecule has 6 heteroatoms. The molecule has 0 aliphatic carbocycles. The van der Waals surface area contributed by atoms with Crippen LogP contribution in [-0.4, -0.2) is 36.5 Å². The Bertz CT molecular complexity index is 289. The summed E-state index contributed by atoms with van der Waals surface area (Å²) in [5.74, 6) is -1.94. The van der Waals surface area contributed by atoms with Gasteiger partial charge >= 0.3 is 0 Å². The smallest absolute Gasteiger partial charge is 0.289 e. The zero-order chi connectivity index (χ0) is 12.6. The van der Waals surface area contributed by atoms with E-state index in [1.165, 1.54) is 6.92 Å². The first-order chi connectivity index (χ1) is 7.52. The van der Waals surface area contributed by atoms with Crippen molar-refractivity contribution < 1.29 is 19.2 Å². The molecule has 1 unspecified atom stereocenters. The number of carbonyl (C=O) groups excluding carboxylic acids is 4. The van der Waals surface area contributed by atoms with E-state index in [0.717, 1.165) is 0 Å². The van der Waals surface area contributed by atoms with Crippen LogP contribution in [0.25, 0.3) is 0 Å². The molecule has 0 spiro atoms. The van der Waals surface area contributed by atoms with Crippen molar-refractivity contribution in [2.24, 2.45) is 0 Å². The van der Waals surface area contributed by atoms with E-state index >= 15 is 0 Å². The molecule has 0 aromatic heterocycles. The van der Waals surface area contributed by atoms with Crippen LogP contribution in [0.1, 0.15) is 26.7 Å². The largest absolute Gasteiger partial charge is 0.346 e. The van der Waals surface area contributed by atoms with Crippen molar-refractivity contribution in [1.82, 2.24) is 10.6 Å². The van der Waals surface area contributed by atoms with Gasteiger partial charge in [0.15, 0.2) is 0 Å². The van der Waals surface area contributed by atoms with Crippen molar-refractivity contribution in [2.75, 3.05) is 6.54 Å². The molecule has 1 atom stereocenters. The molecular weight excluding hydrogens is 212 g/mol. The third-order valence-corrected chi connectivity index (χ3v) is 1.84. The van der Waals surface area contributed by atoms with E-state index in [0.29, 0.717) is 19.1 Å². The summed E-state index contributed by atoms with van der Waals surface area (Å²) in [4.78, 5) is 43.6. The monoisotopic (exact) mass is 228 g/mol. The zero-order valence-corrected chi connectivity index (χ0v) is 9.41. The highest BCUT2D eigenvalue weighted by Gasteiger charge is 2.24. The number of Topliss-reactive ketones (excluding diaryl/α,β-unsaturated/α-hetero) is 1. The molecule has 0 radical (unpaired) electrons. The fourth-order valence-electron chi connectivity index (χ4n) is 1.18. The SMILES string of the molecule is CCCC(NC(C)=O)C(=O)C(=O)NCC=O. The van der Waals surface area contributed by atoms with Crippen LogP contribution in [0.15, 0.2) is 0 Å². The number of hydrogen-bond donors (Lipinski definition) is 2. The Hall–Kier alpha value is -1.72. The molecule has 2 N–H and O–H groups in total. The lowest BCUT2D eigenvalue weighted by Gasteiger charge is -2.14. The van der Waals surface area contributed by atoms with Crippen molar-refractivity contribution in [1.29, 1.82) is 0 Å². The maximum absolute atomic E-state index is 11.5. The minimum absolute atomic E-state index is 0.205. The van der Waals surface area contributed by atoms with Gasteiger partial charge in [-0.15, -0.1) is 0 Å². The lowest BCUT2D eigenvalue weighted by molar-refractivity contribution is -0.140. The van der Waals surface area contributed by atoms with E-state index in [1.807, 2.05) is 6.92 Å². The fraction of sp³-hybridized carbons (Fsp3) is 0.600. The average molecular weight is 228 g/mol. The lowest BCUT2D eigenvalue weighted by atomic mass is 10.1. The topological polar surface area (TPSA) is 92.3 Å². The quantitative estimate of drug-likeness (QED) is 0.439. The highest BCUT2D eigenvalue weighted by atomic mass is 16.2. The molecule has 0 aliphatic heterocycles. The first-order valence-electron chi connectivity index (χ1n) is 5.05. The van der Waals surface area contributed by atoms with Gasteiger partial charge in [-0.1, -0.05) is 13.3 Å². The second-order valence-corrected chi connectivity index (χ2v) is 3.28. The van der Waals surface area contributed by atoms with E-state index in [-0.39, 0.29) is 12.5 Å². The summed E-state index contributed by atoms with van der Waals surface area (Å²) in [5.41, 5.74) is 0. The Morgan fingerprint density at radius 2 is 1.94 bits per heavy atom. The summed E-state index contributed by atoms with van der Waals surface area (Å²) in [7, 11) is 0. The van der Waals surface area contributed by atoms with E-state index in [2.05, 4.69) is 10.6 Å². The van der Waals surface area contributed by atoms with Gasteiger partial charge in [0.1, 0.15) is 6.29 Å². The van der Waals surface area contributed by atoms with Gasteiger partial charge in [0.25, 0.3) is 5.91 Å². The molecule has 0 aliphatic rings. The van der Waals surface area contributed by atoms with Crippen LogP contribution in [0.5, 0.6) is 0 Å². The van der Waals surface area contributed by atoms with Gasteiger partial charge in [-0.25, -0.2) is 0 Å². The summed E-state index contributed by atoms with van der Waals surface area (Å²) in [6, 6.07) is -0.811. The number of nitrogens with one attached hydrogen (secondary N) is 2. The van der Waals surface area contributed by atoms with Gasteiger partial charge in [-0.05, 0) is 6.42 Å². The Morgan fingerprint density at radius 3 is 2.38 bits per heavy atom. The van der Waals surface area contributed by atoms with Gasteiger partial charge < -0.3 is 15.4 Å². The normalized spacial score (nSPS) is 11.4. The summed E-state index contributed by atoms with van der Waals surface area (Å²) >= 11 is 0. The Morgan fingerprint density at radius 1 is 1.31 bits per heavy atom. The minimum atomic E-state index is -0.848. The van der Waals surface area contributed by atoms with Crippen LogP contribution in [0.3, 0.4) is 0 Å². The van der Waals surface area contributed by atoms with E-state index in [1.54, 1.807) is 0 Å². The molecule has 0 bridgehead atoms. The molecule has 0 heterocycles. The second kappa shape index (κ2) is 7.56. The number of amides is 2. The summed E-state index contributed by atoms with van der Waals surface area (Å²) in [6.45, 7) is 2.91. The molecule has 0 fully saturated rings. The molecule has 0 saturated carbocycles. The lowest BCUT2D eigenvalue weighted by Crippen LogP contribution is -2.47. The Balaban J connectivity index is 4.40. The van der Waals surface area contributed by atoms with Crippen molar-refractivity contribution in [3.63, 3.8) is 0 Å². The van der Waals surface area contributed by atoms with Crippen LogP contribution in [0, 0.1) is 0 Å². The van der Waals surface area contributed by atoms with Crippen LogP contribution in [0.4, 0.5) is 0 Å². The van der Waals surface area contributed by atoms with Gasteiger partial charge in [0.05, 0.1) is 12.6 Å². The fourth-order valence-corrected chi connectivity index (χ4v) is 1.18. The second-order valence-electron chi connectivity index (χ2n) is 3.28. The predicted molar refractivity (Wildman–Crippen MR) is 56.6 cm³/mol. The summed E-state index contributed by atoms with van der Waals surface area (Å²) < 4.78 is 0. The molecule has 2 amide bonds. The third-order valence-electron chi connectivity index (χ3n) is 1.84. The average Bonchev–Trinajstić information content (AvgIpc) is 2.23. The Labute approximate surface area is 93.8 Å². The first-order valence-corrected chi connectivity index (χ1v) is 5.05. The molecule has 0 rings (SSSR count). The van der Waals surface area contributed by atoms with Crippen LogP contribution < -0.4 is 10.6 Å². The van der Waals surface area contributed by atoms with Crippen LogP contribution in [0.2, 0.25) is 0 Å². The predicted octanol–water partition coefficient (Wildman–Crippen LogP) is -0.825. The van der Waals surface area contributed by atoms with Crippen molar-refractivity contribution in [3.05, 3.63) is 0 Å². The first kappa shape index (κ1) is 14.3. The highest BCUT2D eigenvalue weighted by molar-refractivity contribution is 6.38. The Kier molecular flexibility index (Phi) is 6.74. The standard InChI is InChI=1S/C10H16N2O4/c1-3-4-8(12-7(2)14)9(15)10(16)11-5-6-13/h6,8H,3-5H2,1-2H3,(H,11,16)(H,12,14). The van der Waals surface area contributed by atoms with Crippen molar-refractivity contribution in [2.45, 2.75) is 32.7 Å². The van der Waals surface area contributed by atoms with Crippen molar-refractivity contribution in [3.8, 4) is 0 Å². The van der Waals surface area contributed by atoms with Gasteiger partial charge in [-0.3, -0.25) is 14.4 Å².